The standard InChI is InChI=1S/C29H30FN3O5S/c1-4-38-23-12-10-21(11-13-23)31-28(35)26-18-27(34)33(29(39-26)32-22-8-6-20(30)7-9-22)16-15-19-5-14-24(36-2)25(17-19)37-3/h5-14,17,26H,4,15-16,18H2,1-3H3,(H,31,35)/t26-/m1/s1. The molecular weight excluding hydrogens is 521 g/mol. The zero-order valence-electron chi connectivity index (χ0n) is 22.0. The van der Waals surface area contributed by atoms with E-state index >= 15 is 0 Å². The zero-order chi connectivity index (χ0) is 27.8. The summed E-state index contributed by atoms with van der Waals surface area (Å²) in [5, 5.41) is 2.57. The number of hydrogen-bond acceptors (Lipinski definition) is 7. The molecule has 0 aromatic heterocycles. The van der Waals surface area contributed by atoms with Crippen LogP contribution in [0.15, 0.2) is 71.7 Å². The number of carbonyl (C=O) groups excluding carboxylic acids is 2. The van der Waals surface area contributed by atoms with E-state index in [1.165, 1.54) is 36.0 Å². The molecule has 0 bridgehead atoms. The summed E-state index contributed by atoms with van der Waals surface area (Å²) in [5.41, 5.74) is 2.03. The molecule has 1 N–H and O–H groups in total. The third-order valence-electron chi connectivity index (χ3n) is 5.99. The predicted molar refractivity (Wildman–Crippen MR) is 151 cm³/mol. The highest BCUT2D eigenvalue weighted by atomic mass is 32.2. The lowest BCUT2D eigenvalue weighted by atomic mass is 10.1. The average molecular weight is 552 g/mol. The Morgan fingerprint density at radius 2 is 1.77 bits per heavy atom. The van der Waals surface area contributed by atoms with Crippen LogP contribution in [0.2, 0.25) is 0 Å². The van der Waals surface area contributed by atoms with Gasteiger partial charge in [0, 0.05) is 18.7 Å². The van der Waals surface area contributed by atoms with Crippen LogP contribution in [-0.2, 0) is 16.0 Å². The summed E-state index contributed by atoms with van der Waals surface area (Å²) in [6.07, 6.45) is 0.542. The van der Waals surface area contributed by atoms with Crippen LogP contribution in [-0.4, -0.2) is 54.5 Å². The number of nitrogens with one attached hydrogen (secondary N) is 1. The quantitative estimate of drug-likeness (QED) is 0.361. The van der Waals surface area contributed by atoms with Crippen molar-refractivity contribution in [3.63, 3.8) is 0 Å². The number of amides is 2. The molecule has 2 amide bonds. The van der Waals surface area contributed by atoms with Crippen molar-refractivity contribution in [2.24, 2.45) is 4.99 Å². The van der Waals surface area contributed by atoms with Crippen molar-refractivity contribution < 1.29 is 28.2 Å². The summed E-state index contributed by atoms with van der Waals surface area (Å²) in [6, 6.07) is 18.3. The molecule has 0 aliphatic carbocycles. The Balaban J connectivity index is 1.52. The molecule has 4 rings (SSSR count). The van der Waals surface area contributed by atoms with Crippen LogP contribution in [0.3, 0.4) is 0 Å². The minimum absolute atomic E-state index is 0.0158. The summed E-state index contributed by atoms with van der Waals surface area (Å²) in [5.74, 6) is 1.01. The first-order valence-electron chi connectivity index (χ1n) is 12.5. The van der Waals surface area contributed by atoms with Crippen LogP contribution in [0, 0.1) is 5.82 Å². The molecule has 8 nitrogen and oxygen atoms in total. The lowest BCUT2D eigenvalue weighted by Crippen LogP contribution is -2.46. The lowest BCUT2D eigenvalue weighted by molar-refractivity contribution is -0.129. The van der Waals surface area contributed by atoms with Crippen LogP contribution in [0.5, 0.6) is 17.2 Å². The predicted octanol–water partition coefficient (Wildman–Crippen LogP) is 5.44. The van der Waals surface area contributed by atoms with Crippen molar-refractivity contribution in [3.8, 4) is 17.2 Å². The highest BCUT2D eigenvalue weighted by Gasteiger charge is 2.36. The van der Waals surface area contributed by atoms with Gasteiger partial charge in [-0.15, -0.1) is 0 Å². The molecule has 0 spiro atoms. The van der Waals surface area contributed by atoms with Gasteiger partial charge in [-0.25, -0.2) is 9.38 Å². The largest absolute Gasteiger partial charge is 0.494 e. The Kier molecular flexibility index (Phi) is 9.43. The van der Waals surface area contributed by atoms with Crippen LogP contribution < -0.4 is 19.5 Å². The van der Waals surface area contributed by atoms with E-state index in [4.69, 9.17) is 14.2 Å². The molecule has 39 heavy (non-hydrogen) atoms. The molecule has 1 saturated heterocycles. The second kappa shape index (κ2) is 13.1. The third kappa shape index (κ3) is 7.29. The Bertz CT molecular complexity index is 1330. The molecule has 1 heterocycles. The number of benzene rings is 3. The van der Waals surface area contributed by atoms with Gasteiger partial charge in [-0.3, -0.25) is 14.5 Å². The van der Waals surface area contributed by atoms with Crippen LogP contribution in [0.1, 0.15) is 18.9 Å². The molecule has 1 aliphatic heterocycles. The third-order valence-corrected chi connectivity index (χ3v) is 7.18. The van der Waals surface area contributed by atoms with E-state index in [0.29, 0.717) is 53.4 Å². The van der Waals surface area contributed by atoms with E-state index in [1.807, 2.05) is 25.1 Å². The smallest absolute Gasteiger partial charge is 0.238 e. The van der Waals surface area contributed by atoms with Crippen LogP contribution in [0.4, 0.5) is 15.8 Å². The first-order valence-corrected chi connectivity index (χ1v) is 13.3. The molecule has 3 aromatic carbocycles. The van der Waals surface area contributed by atoms with E-state index in [2.05, 4.69) is 10.3 Å². The van der Waals surface area contributed by atoms with Gasteiger partial charge in [-0.1, -0.05) is 17.8 Å². The topological polar surface area (TPSA) is 89.5 Å². The first-order chi connectivity index (χ1) is 18.9. The summed E-state index contributed by atoms with van der Waals surface area (Å²) in [4.78, 5) is 32.6. The van der Waals surface area contributed by atoms with Gasteiger partial charge in [0.05, 0.1) is 26.5 Å². The van der Waals surface area contributed by atoms with E-state index in [-0.39, 0.29) is 24.1 Å². The van der Waals surface area contributed by atoms with E-state index in [0.717, 1.165) is 5.56 Å². The van der Waals surface area contributed by atoms with Crippen molar-refractivity contribution in [2.45, 2.75) is 25.0 Å². The van der Waals surface area contributed by atoms with E-state index in [1.54, 1.807) is 43.4 Å². The maximum absolute atomic E-state index is 13.5. The van der Waals surface area contributed by atoms with Gasteiger partial charge < -0.3 is 19.5 Å². The second-order valence-electron chi connectivity index (χ2n) is 8.61. The number of nitrogens with zero attached hydrogens (tertiary/aromatic N) is 2. The normalized spacial score (nSPS) is 16.2. The van der Waals surface area contributed by atoms with Gasteiger partial charge in [0.25, 0.3) is 0 Å². The first kappa shape index (κ1) is 28.0. The van der Waals surface area contributed by atoms with Crippen molar-refractivity contribution in [3.05, 3.63) is 78.1 Å². The molecule has 0 saturated carbocycles. The fourth-order valence-corrected chi connectivity index (χ4v) is 5.11. The number of carbonyl (C=O) groups is 2. The van der Waals surface area contributed by atoms with Crippen molar-refractivity contribution in [1.29, 1.82) is 0 Å². The van der Waals surface area contributed by atoms with Gasteiger partial charge in [-0.05, 0) is 79.6 Å². The fourth-order valence-electron chi connectivity index (χ4n) is 3.99. The molecular formula is C29H30FN3O5S. The van der Waals surface area contributed by atoms with Gasteiger partial charge in [0.2, 0.25) is 11.8 Å². The number of halogens is 1. The summed E-state index contributed by atoms with van der Waals surface area (Å²) < 4.78 is 29.6. The van der Waals surface area contributed by atoms with Gasteiger partial charge in [-0.2, -0.15) is 0 Å². The van der Waals surface area contributed by atoms with E-state index in [9.17, 15) is 14.0 Å². The highest BCUT2D eigenvalue weighted by molar-refractivity contribution is 8.15. The molecule has 3 aromatic rings. The molecule has 10 heteroatoms. The number of hydrogen-bond donors (Lipinski definition) is 1. The number of thioether (sulfide) groups is 1. The molecule has 1 fully saturated rings. The lowest BCUT2D eigenvalue weighted by Gasteiger charge is -2.32. The van der Waals surface area contributed by atoms with Crippen molar-refractivity contribution in [1.82, 2.24) is 4.90 Å². The van der Waals surface area contributed by atoms with E-state index < -0.39 is 5.25 Å². The van der Waals surface area contributed by atoms with Crippen LogP contribution >= 0.6 is 11.8 Å². The number of anilines is 1. The summed E-state index contributed by atoms with van der Waals surface area (Å²) in [7, 11) is 3.14. The fraction of sp³-hybridized carbons (Fsp3) is 0.276. The Hall–Kier alpha value is -4.05. The second-order valence-corrected chi connectivity index (χ2v) is 9.78. The Morgan fingerprint density at radius 3 is 2.44 bits per heavy atom. The highest BCUT2D eigenvalue weighted by Crippen LogP contribution is 2.32. The maximum Gasteiger partial charge on any atom is 0.238 e. The number of rotatable bonds is 10. The number of aliphatic imine (C=N–C) groups is 1. The number of amidine groups is 1. The zero-order valence-corrected chi connectivity index (χ0v) is 22.8. The number of methoxy groups -OCH3 is 2. The molecule has 0 unspecified atom stereocenters. The van der Waals surface area contributed by atoms with Gasteiger partial charge in [0.15, 0.2) is 16.7 Å². The Morgan fingerprint density at radius 1 is 1.05 bits per heavy atom. The summed E-state index contributed by atoms with van der Waals surface area (Å²) in [6.45, 7) is 2.79. The maximum atomic E-state index is 13.5. The summed E-state index contributed by atoms with van der Waals surface area (Å²) >= 11 is 1.21. The molecule has 1 aliphatic rings. The average Bonchev–Trinajstić information content (AvgIpc) is 2.94. The minimum Gasteiger partial charge on any atom is -0.494 e. The molecule has 0 radical (unpaired) electrons. The van der Waals surface area contributed by atoms with Crippen molar-refractivity contribution >= 4 is 40.1 Å². The van der Waals surface area contributed by atoms with Crippen LogP contribution in [0.25, 0.3) is 0 Å². The van der Waals surface area contributed by atoms with Gasteiger partial charge in [0.1, 0.15) is 16.8 Å². The van der Waals surface area contributed by atoms with Crippen molar-refractivity contribution in [2.75, 3.05) is 32.7 Å². The number of ether oxygens (including phenoxy) is 3. The monoisotopic (exact) mass is 551 g/mol. The molecule has 204 valence electrons. The Labute approximate surface area is 231 Å². The molecule has 1 atom stereocenters. The minimum atomic E-state index is -0.680. The van der Waals surface area contributed by atoms with Gasteiger partial charge >= 0.3 is 0 Å². The SMILES string of the molecule is CCOc1ccc(NC(=O)[C@H]2CC(=O)N(CCc3ccc(OC)c(OC)c3)C(=Nc3ccc(F)cc3)S2)cc1.